The SMILES string of the molecule is C[C@H]1OC(O)[C@](O)(C(=O)C=Cc2ccc(O)cc2)[C@](O)(C(=O)C=Cc2ccc(O)cc2)[C@@H]1O. The number of aromatic hydroxyl groups is 2. The van der Waals surface area contributed by atoms with E-state index >= 15 is 0 Å². The summed E-state index contributed by atoms with van der Waals surface area (Å²) in [5, 5.41) is 62.0. The van der Waals surface area contributed by atoms with Crippen molar-refractivity contribution in [3.63, 3.8) is 0 Å². The highest BCUT2D eigenvalue weighted by molar-refractivity contribution is 6.10. The van der Waals surface area contributed by atoms with Crippen LogP contribution in [0, 0.1) is 0 Å². The molecule has 6 N–H and O–H groups in total. The summed E-state index contributed by atoms with van der Waals surface area (Å²) >= 11 is 0. The van der Waals surface area contributed by atoms with Crippen molar-refractivity contribution in [2.24, 2.45) is 0 Å². The molecule has 33 heavy (non-hydrogen) atoms. The molecular weight excluding hydrogens is 432 g/mol. The fourth-order valence-corrected chi connectivity index (χ4v) is 3.54. The van der Waals surface area contributed by atoms with Gasteiger partial charge in [-0.2, -0.15) is 0 Å². The first-order chi connectivity index (χ1) is 15.5. The van der Waals surface area contributed by atoms with Crippen LogP contribution in [0.5, 0.6) is 11.5 Å². The smallest absolute Gasteiger partial charge is 0.217 e. The van der Waals surface area contributed by atoms with E-state index < -0.39 is 41.3 Å². The van der Waals surface area contributed by atoms with Gasteiger partial charge in [-0.15, -0.1) is 0 Å². The first kappa shape index (κ1) is 24.3. The topological polar surface area (TPSA) is 165 Å². The molecule has 0 bridgehead atoms. The minimum Gasteiger partial charge on any atom is -0.508 e. The Morgan fingerprint density at radius 1 is 0.788 bits per heavy atom. The number of hydrogen-bond acceptors (Lipinski definition) is 9. The third-order valence-corrected chi connectivity index (χ3v) is 5.55. The number of carbonyl (C=O) groups is 2. The molecule has 5 atom stereocenters. The van der Waals surface area contributed by atoms with Crippen LogP contribution < -0.4 is 0 Å². The van der Waals surface area contributed by atoms with Gasteiger partial charge in [-0.05, 0) is 54.5 Å². The molecule has 9 heteroatoms. The third kappa shape index (κ3) is 4.45. The van der Waals surface area contributed by atoms with E-state index in [2.05, 4.69) is 0 Å². The lowest BCUT2D eigenvalue weighted by Crippen LogP contribution is -2.78. The molecule has 1 saturated heterocycles. The molecule has 1 aliphatic rings. The highest BCUT2D eigenvalue weighted by Crippen LogP contribution is 2.40. The lowest BCUT2D eigenvalue weighted by atomic mass is 9.69. The van der Waals surface area contributed by atoms with Crippen LogP contribution >= 0.6 is 0 Å². The summed E-state index contributed by atoms with van der Waals surface area (Å²) < 4.78 is 5.03. The van der Waals surface area contributed by atoms with Gasteiger partial charge in [-0.25, -0.2) is 0 Å². The van der Waals surface area contributed by atoms with Crippen LogP contribution in [0.25, 0.3) is 12.2 Å². The van der Waals surface area contributed by atoms with Gasteiger partial charge in [0.25, 0.3) is 0 Å². The Hall–Kier alpha value is -3.34. The van der Waals surface area contributed by atoms with Crippen LogP contribution in [0.2, 0.25) is 0 Å². The Labute approximate surface area is 189 Å². The number of ether oxygens (including phenoxy) is 1. The molecule has 1 fully saturated rings. The molecule has 0 aliphatic carbocycles. The molecule has 1 aliphatic heterocycles. The van der Waals surface area contributed by atoms with E-state index in [1.54, 1.807) is 0 Å². The highest BCUT2D eigenvalue weighted by Gasteiger charge is 2.70. The van der Waals surface area contributed by atoms with E-state index in [1.807, 2.05) is 0 Å². The minimum atomic E-state index is -3.23. The normalized spacial score (nSPS) is 30.0. The average molecular weight is 456 g/mol. The molecule has 0 aromatic heterocycles. The van der Waals surface area contributed by atoms with E-state index in [0.29, 0.717) is 11.1 Å². The fourth-order valence-electron chi connectivity index (χ4n) is 3.54. The van der Waals surface area contributed by atoms with Gasteiger partial charge in [-0.1, -0.05) is 36.4 Å². The van der Waals surface area contributed by atoms with E-state index in [9.17, 15) is 40.2 Å². The molecule has 9 nitrogen and oxygen atoms in total. The first-order valence-electron chi connectivity index (χ1n) is 9.99. The number of aliphatic hydroxyl groups is 4. The second-order valence-corrected chi connectivity index (χ2v) is 7.75. The van der Waals surface area contributed by atoms with E-state index in [0.717, 1.165) is 12.2 Å². The zero-order chi connectivity index (χ0) is 24.4. The largest absolute Gasteiger partial charge is 0.508 e. The summed E-state index contributed by atoms with van der Waals surface area (Å²) in [5.74, 6) is -2.55. The number of hydrogen-bond donors (Lipinski definition) is 6. The Morgan fingerprint density at radius 2 is 1.18 bits per heavy atom. The number of rotatable bonds is 6. The molecule has 0 radical (unpaired) electrons. The predicted molar refractivity (Wildman–Crippen MR) is 117 cm³/mol. The van der Waals surface area contributed by atoms with Gasteiger partial charge in [0.1, 0.15) is 17.6 Å². The first-order valence-corrected chi connectivity index (χ1v) is 9.99. The second-order valence-electron chi connectivity index (χ2n) is 7.75. The zero-order valence-corrected chi connectivity index (χ0v) is 17.6. The Kier molecular flexibility index (Phi) is 6.82. The van der Waals surface area contributed by atoms with Gasteiger partial charge in [0.15, 0.2) is 23.5 Å². The van der Waals surface area contributed by atoms with Crippen LogP contribution in [0.3, 0.4) is 0 Å². The molecular formula is C24H24O9. The summed E-state index contributed by atoms with van der Waals surface area (Å²) in [7, 11) is 0. The molecule has 2 aromatic rings. The number of phenolic OH excluding ortho intramolecular Hbond substituents is 2. The predicted octanol–water partition coefficient (Wildman–Crippen LogP) is 0.523. The lowest BCUT2D eigenvalue weighted by molar-refractivity contribution is -0.332. The molecule has 174 valence electrons. The Balaban J connectivity index is 1.98. The second kappa shape index (κ2) is 9.26. The molecule has 0 amide bonds. The summed E-state index contributed by atoms with van der Waals surface area (Å²) in [5.41, 5.74) is -5.50. The van der Waals surface area contributed by atoms with Crippen molar-refractivity contribution >= 4 is 23.7 Å². The van der Waals surface area contributed by atoms with Crippen LogP contribution in [0.1, 0.15) is 18.1 Å². The summed E-state index contributed by atoms with van der Waals surface area (Å²) in [6, 6.07) is 11.3. The molecule has 0 spiro atoms. The van der Waals surface area contributed by atoms with Gasteiger partial charge in [0, 0.05) is 0 Å². The van der Waals surface area contributed by atoms with Crippen molar-refractivity contribution in [2.75, 3.05) is 0 Å². The maximum Gasteiger partial charge on any atom is 0.217 e. The summed E-state index contributed by atoms with van der Waals surface area (Å²) in [4.78, 5) is 26.0. The monoisotopic (exact) mass is 456 g/mol. The van der Waals surface area contributed by atoms with Gasteiger partial charge in [0.2, 0.25) is 5.60 Å². The highest BCUT2D eigenvalue weighted by atomic mass is 16.6. The maximum absolute atomic E-state index is 13.0. The number of carbonyl (C=O) groups excluding carboxylic acids is 2. The van der Waals surface area contributed by atoms with Crippen molar-refractivity contribution in [2.45, 2.75) is 36.6 Å². The lowest BCUT2D eigenvalue weighted by Gasteiger charge is -2.50. The van der Waals surface area contributed by atoms with Crippen molar-refractivity contribution < 1.29 is 45.0 Å². The quantitative estimate of drug-likeness (QED) is 0.340. The van der Waals surface area contributed by atoms with Gasteiger partial charge in [0.05, 0.1) is 6.10 Å². The molecule has 0 saturated carbocycles. The summed E-state index contributed by atoms with van der Waals surface area (Å²) in [6.07, 6.45) is -1.54. The average Bonchev–Trinajstić information content (AvgIpc) is 2.80. The number of benzene rings is 2. The maximum atomic E-state index is 13.0. The minimum absolute atomic E-state index is 0.00529. The van der Waals surface area contributed by atoms with Gasteiger partial charge in [-0.3, -0.25) is 9.59 Å². The summed E-state index contributed by atoms with van der Waals surface area (Å²) in [6.45, 7) is 1.26. The van der Waals surface area contributed by atoms with Crippen LogP contribution in [0.15, 0.2) is 60.7 Å². The Bertz CT molecular complexity index is 1070. The molecule has 1 heterocycles. The van der Waals surface area contributed by atoms with E-state index in [-0.39, 0.29) is 11.5 Å². The number of phenols is 2. The van der Waals surface area contributed by atoms with Crippen molar-refractivity contribution in [1.29, 1.82) is 0 Å². The van der Waals surface area contributed by atoms with Gasteiger partial charge < -0.3 is 35.4 Å². The Morgan fingerprint density at radius 3 is 1.61 bits per heavy atom. The van der Waals surface area contributed by atoms with Gasteiger partial charge >= 0.3 is 0 Å². The third-order valence-electron chi connectivity index (χ3n) is 5.55. The molecule has 2 aromatic carbocycles. The number of aliphatic hydroxyl groups excluding tert-OH is 2. The van der Waals surface area contributed by atoms with Crippen molar-refractivity contribution in [1.82, 2.24) is 0 Å². The van der Waals surface area contributed by atoms with Crippen molar-refractivity contribution in [3.05, 3.63) is 71.8 Å². The molecule has 3 rings (SSSR count). The number of ketones is 2. The van der Waals surface area contributed by atoms with Crippen LogP contribution in [-0.2, 0) is 14.3 Å². The van der Waals surface area contributed by atoms with E-state index in [1.165, 1.54) is 67.6 Å². The van der Waals surface area contributed by atoms with Crippen LogP contribution in [0.4, 0.5) is 0 Å². The fraction of sp³-hybridized carbons (Fsp3) is 0.250. The van der Waals surface area contributed by atoms with Crippen LogP contribution in [-0.4, -0.2) is 71.9 Å². The van der Waals surface area contributed by atoms with E-state index in [4.69, 9.17) is 4.74 Å². The standard InChI is InChI=1S/C24H24O9/c1-14-21(29)23(31,19(27)12-6-15-2-8-17(25)9-3-15)24(32,22(30)33-14)20(28)13-7-16-4-10-18(26)11-5-16/h2-14,21-22,25-26,29-32H,1H3/t14-,21-,22?,23+,24-/m1/s1. The zero-order valence-electron chi connectivity index (χ0n) is 17.6. The van der Waals surface area contributed by atoms with Crippen molar-refractivity contribution in [3.8, 4) is 11.5 Å². The molecule has 1 unspecified atom stereocenters.